The summed E-state index contributed by atoms with van der Waals surface area (Å²) >= 11 is 1.43. The second-order valence-corrected chi connectivity index (χ2v) is 6.69. The van der Waals surface area contributed by atoms with Crippen molar-refractivity contribution >= 4 is 23.2 Å². The average Bonchev–Trinajstić information content (AvgIpc) is 2.70. The van der Waals surface area contributed by atoms with Gasteiger partial charge in [0.25, 0.3) is 5.91 Å². The Balaban J connectivity index is 2.78. The Bertz CT molecular complexity index is 479. The van der Waals surface area contributed by atoms with E-state index in [9.17, 15) is 9.59 Å². The van der Waals surface area contributed by atoms with E-state index in [1.807, 2.05) is 26.8 Å². The Morgan fingerprint density at radius 1 is 1.40 bits per heavy atom. The second-order valence-electron chi connectivity index (χ2n) is 5.44. The predicted octanol–water partition coefficient (Wildman–Crippen LogP) is 3.24. The number of carbonyl (C=O) groups excluding carboxylic acids is 1. The predicted molar refractivity (Wildman–Crippen MR) is 81.4 cm³/mol. The van der Waals surface area contributed by atoms with Gasteiger partial charge in [-0.3, -0.25) is 4.79 Å². The van der Waals surface area contributed by atoms with Gasteiger partial charge in [-0.15, -0.1) is 11.3 Å². The SMILES string of the molecule is CCCc1cc(C(=O)NC(CC(C)C)C(=O)O)sc1C. The summed E-state index contributed by atoms with van der Waals surface area (Å²) in [7, 11) is 0. The molecule has 0 radical (unpaired) electrons. The molecule has 0 aromatic carbocycles. The van der Waals surface area contributed by atoms with Crippen LogP contribution in [0.25, 0.3) is 0 Å². The molecule has 2 N–H and O–H groups in total. The van der Waals surface area contributed by atoms with Crippen molar-refractivity contribution in [2.45, 2.75) is 53.0 Å². The molecular weight excluding hydrogens is 274 g/mol. The molecule has 1 amide bonds. The molecule has 4 nitrogen and oxygen atoms in total. The van der Waals surface area contributed by atoms with E-state index < -0.39 is 12.0 Å². The highest BCUT2D eigenvalue weighted by molar-refractivity contribution is 7.14. The molecule has 0 aliphatic heterocycles. The van der Waals surface area contributed by atoms with E-state index in [1.165, 1.54) is 16.9 Å². The molecule has 1 unspecified atom stereocenters. The van der Waals surface area contributed by atoms with Crippen molar-refractivity contribution in [1.29, 1.82) is 0 Å². The quantitative estimate of drug-likeness (QED) is 0.812. The molecule has 1 heterocycles. The highest BCUT2D eigenvalue weighted by Crippen LogP contribution is 2.23. The van der Waals surface area contributed by atoms with Gasteiger partial charge in [0.15, 0.2) is 0 Å². The highest BCUT2D eigenvalue weighted by atomic mass is 32.1. The smallest absolute Gasteiger partial charge is 0.326 e. The summed E-state index contributed by atoms with van der Waals surface area (Å²) in [4.78, 5) is 25.0. The first kappa shape index (κ1) is 16.7. The van der Waals surface area contributed by atoms with E-state index in [4.69, 9.17) is 5.11 Å². The van der Waals surface area contributed by atoms with Crippen LogP contribution in [0, 0.1) is 12.8 Å². The van der Waals surface area contributed by atoms with E-state index in [0.717, 1.165) is 17.7 Å². The fourth-order valence-electron chi connectivity index (χ4n) is 2.07. The Kier molecular flexibility index (Phi) is 6.20. The molecule has 112 valence electrons. The van der Waals surface area contributed by atoms with Gasteiger partial charge in [0.05, 0.1) is 4.88 Å². The Morgan fingerprint density at radius 3 is 2.55 bits per heavy atom. The molecule has 0 fully saturated rings. The molecule has 0 saturated heterocycles. The van der Waals surface area contributed by atoms with Gasteiger partial charge < -0.3 is 10.4 Å². The van der Waals surface area contributed by atoms with E-state index in [0.29, 0.717) is 11.3 Å². The van der Waals surface area contributed by atoms with Crippen molar-refractivity contribution in [2.24, 2.45) is 5.92 Å². The second kappa shape index (κ2) is 7.43. The summed E-state index contributed by atoms with van der Waals surface area (Å²) in [6.45, 7) is 7.97. The number of carboxylic acids is 1. The van der Waals surface area contributed by atoms with E-state index >= 15 is 0 Å². The van der Waals surface area contributed by atoms with Crippen LogP contribution in [-0.2, 0) is 11.2 Å². The highest BCUT2D eigenvalue weighted by Gasteiger charge is 2.22. The first-order chi connectivity index (χ1) is 9.35. The van der Waals surface area contributed by atoms with Gasteiger partial charge >= 0.3 is 5.97 Å². The standard InChI is InChI=1S/C15H23NO3S/c1-5-6-11-8-13(20-10(11)4)14(17)16-12(15(18)19)7-9(2)3/h8-9,12H,5-7H2,1-4H3,(H,16,17)(H,18,19). The van der Waals surface area contributed by atoms with Crippen molar-refractivity contribution in [3.05, 3.63) is 21.4 Å². The minimum atomic E-state index is -0.978. The number of amides is 1. The molecule has 0 spiro atoms. The third-order valence-electron chi connectivity index (χ3n) is 3.07. The first-order valence-electron chi connectivity index (χ1n) is 6.98. The zero-order valence-electron chi connectivity index (χ0n) is 12.5. The van der Waals surface area contributed by atoms with Crippen LogP contribution < -0.4 is 5.32 Å². The molecule has 0 aliphatic rings. The minimum absolute atomic E-state index is 0.220. The number of rotatable bonds is 7. The molecule has 0 aliphatic carbocycles. The maximum absolute atomic E-state index is 12.1. The van der Waals surface area contributed by atoms with Crippen LogP contribution in [0.4, 0.5) is 0 Å². The van der Waals surface area contributed by atoms with Crippen molar-refractivity contribution in [2.75, 3.05) is 0 Å². The van der Waals surface area contributed by atoms with Crippen molar-refractivity contribution in [3.8, 4) is 0 Å². The van der Waals surface area contributed by atoms with Crippen LogP contribution in [-0.4, -0.2) is 23.0 Å². The third-order valence-corrected chi connectivity index (χ3v) is 4.17. The average molecular weight is 297 g/mol. The lowest BCUT2D eigenvalue weighted by atomic mass is 10.0. The molecule has 20 heavy (non-hydrogen) atoms. The normalized spacial score (nSPS) is 12.4. The van der Waals surface area contributed by atoms with E-state index in [2.05, 4.69) is 12.2 Å². The number of carbonyl (C=O) groups is 2. The molecule has 1 aromatic rings. The van der Waals surface area contributed by atoms with Gasteiger partial charge in [0.1, 0.15) is 6.04 Å². The molecule has 1 aromatic heterocycles. The van der Waals surface area contributed by atoms with Crippen molar-refractivity contribution in [3.63, 3.8) is 0 Å². The van der Waals surface area contributed by atoms with Gasteiger partial charge in [-0.05, 0) is 37.3 Å². The Labute approximate surface area is 124 Å². The number of hydrogen-bond acceptors (Lipinski definition) is 3. The zero-order valence-corrected chi connectivity index (χ0v) is 13.3. The van der Waals surface area contributed by atoms with E-state index in [-0.39, 0.29) is 11.8 Å². The lowest BCUT2D eigenvalue weighted by Gasteiger charge is -2.15. The van der Waals surface area contributed by atoms with Gasteiger partial charge in [0, 0.05) is 4.88 Å². The summed E-state index contributed by atoms with van der Waals surface area (Å²) < 4.78 is 0. The summed E-state index contributed by atoms with van der Waals surface area (Å²) in [5.74, 6) is -1.04. The molecule has 0 bridgehead atoms. The molecule has 1 rings (SSSR count). The summed E-state index contributed by atoms with van der Waals surface area (Å²) in [5, 5.41) is 11.8. The fourth-order valence-corrected chi connectivity index (χ4v) is 3.05. The Hall–Kier alpha value is -1.36. The van der Waals surface area contributed by atoms with E-state index in [1.54, 1.807) is 0 Å². The molecule has 5 heteroatoms. The number of nitrogens with one attached hydrogen (secondary N) is 1. The van der Waals surface area contributed by atoms with Gasteiger partial charge in [-0.1, -0.05) is 27.2 Å². The maximum atomic E-state index is 12.1. The van der Waals surface area contributed by atoms with Gasteiger partial charge in [-0.2, -0.15) is 0 Å². The number of hydrogen-bond donors (Lipinski definition) is 2. The maximum Gasteiger partial charge on any atom is 0.326 e. The van der Waals surface area contributed by atoms with Crippen molar-refractivity contribution < 1.29 is 14.7 Å². The summed E-state index contributed by atoms with van der Waals surface area (Å²) in [5.41, 5.74) is 1.18. The van der Waals surface area contributed by atoms with Crippen LogP contribution >= 0.6 is 11.3 Å². The first-order valence-corrected chi connectivity index (χ1v) is 7.79. The summed E-state index contributed by atoms with van der Waals surface area (Å²) in [6, 6.07) is 1.06. The fraction of sp³-hybridized carbons (Fsp3) is 0.600. The van der Waals surface area contributed by atoms with Crippen LogP contribution in [0.1, 0.15) is 53.7 Å². The van der Waals surface area contributed by atoms with Crippen LogP contribution in [0.3, 0.4) is 0 Å². The number of carboxylic acid groups (broad SMARTS) is 1. The molecule has 1 atom stereocenters. The number of thiophene rings is 1. The number of aryl methyl sites for hydroxylation is 2. The minimum Gasteiger partial charge on any atom is -0.480 e. The monoisotopic (exact) mass is 297 g/mol. The zero-order chi connectivity index (χ0) is 15.3. The van der Waals surface area contributed by atoms with Crippen LogP contribution in [0.5, 0.6) is 0 Å². The van der Waals surface area contributed by atoms with Crippen molar-refractivity contribution in [1.82, 2.24) is 5.32 Å². The van der Waals surface area contributed by atoms with Gasteiger partial charge in [-0.25, -0.2) is 4.79 Å². The molecule has 0 saturated carbocycles. The van der Waals surface area contributed by atoms with Crippen LogP contribution in [0.2, 0.25) is 0 Å². The Morgan fingerprint density at radius 2 is 2.05 bits per heavy atom. The lowest BCUT2D eigenvalue weighted by molar-refractivity contribution is -0.139. The largest absolute Gasteiger partial charge is 0.480 e. The number of aliphatic carboxylic acids is 1. The van der Waals surface area contributed by atoms with Crippen LogP contribution in [0.15, 0.2) is 6.07 Å². The third kappa shape index (κ3) is 4.63. The summed E-state index contributed by atoms with van der Waals surface area (Å²) in [6.07, 6.45) is 2.42. The van der Waals surface area contributed by atoms with Gasteiger partial charge in [0.2, 0.25) is 0 Å². The lowest BCUT2D eigenvalue weighted by Crippen LogP contribution is -2.41. The molecular formula is C15H23NO3S. The topological polar surface area (TPSA) is 66.4 Å².